The van der Waals surface area contributed by atoms with Gasteiger partial charge in [-0.2, -0.15) is 0 Å². The van der Waals surface area contributed by atoms with Gasteiger partial charge in [0.2, 0.25) is 0 Å². The van der Waals surface area contributed by atoms with Crippen molar-refractivity contribution in [1.29, 1.82) is 0 Å². The molecule has 0 fully saturated rings. The number of carbonyl (C=O) groups is 2. The number of esters is 1. The fraction of sp³-hybridized carbons (Fsp3) is 0.154. The van der Waals surface area contributed by atoms with Crippen molar-refractivity contribution < 1.29 is 23.8 Å². The van der Waals surface area contributed by atoms with E-state index in [0.717, 1.165) is 29.5 Å². The van der Waals surface area contributed by atoms with Crippen molar-refractivity contribution in [2.75, 3.05) is 12.4 Å². The first kappa shape index (κ1) is 14.9. The Kier molecular flexibility index (Phi) is 4.49. The molecule has 1 aromatic heterocycles. The normalized spacial score (nSPS) is 10.2. The van der Waals surface area contributed by atoms with E-state index >= 15 is 0 Å². The largest absolute Gasteiger partial charge is 0.507 e. The molecule has 21 heavy (non-hydrogen) atoms. The number of benzene rings is 1. The number of carbonyl (C=O) groups excluding carboxylic acids is 2. The Bertz CT molecular complexity index is 687. The summed E-state index contributed by atoms with van der Waals surface area (Å²) in [5.41, 5.74) is 0.255. The molecule has 2 rings (SSSR count). The number of aromatic nitrogens is 1. The number of hydrogen-bond donors (Lipinski definition) is 2. The van der Waals surface area contributed by atoms with Gasteiger partial charge < -0.3 is 9.84 Å². The number of methoxy groups -OCH3 is 1. The topological polar surface area (TPSA) is 88.5 Å². The number of rotatable bonds is 4. The van der Waals surface area contributed by atoms with Crippen molar-refractivity contribution in [3.8, 4) is 5.75 Å². The molecule has 0 saturated carbocycles. The average molecular weight is 310 g/mol. The van der Waals surface area contributed by atoms with E-state index in [-0.39, 0.29) is 22.9 Å². The number of thiazole rings is 1. The third-order valence-electron chi connectivity index (χ3n) is 2.53. The van der Waals surface area contributed by atoms with E-state index < -0.39 is 17.7 Å². The van der Waals surface area contributed by atoms with Crippen LogP contribution in [0.4, 0.5) is 9.52 Å². The second kappa shape index (κ2) is 6.31. The second-order valence-corrected chi connectivity index (χ2v) is 4.87. The van der Waals surface area contributed by atoms with Gasteiger partial charge in [-0.1, -0.05) is 0 Å². The minimum Gasteiger partial charge on any atom is -0.507 e. The minimum atomic E-state index is -0.689. The van der Waals surface area contributed by atoms with Crippen LogP contribution in [0.25, 0.3) is 0 Å². The van der Waals surface area contributed by atoms with Crippen LogP contribution in [0.1, 0.15) is 16.1 Å². The number of ether oxygens (including phenoxy) is 1. The van der Waals surface area contributed by atoms with Crippen LogP contribution in [0.3, 0.4) is 0 Å². The van der Waals surface area contributed by atoms with Gasteiger partial charge >= 0.3 is 5.97 Å². The molecule has 2 N–H and O–H groups in total. The number of phenols is 1. The van der Waals surface area contributed by atoms with Gasteiger partial charge in [0.05, 0.1) is 24.8 Å². The Balaban J connectivity index is 2.09. The van der Waals surface area contributed by atoms with Gasteiger partial charge in [-0.15, -0.1) is 11.3 Å². The summed E-state index contributed by atoms with van der Waals surface area (Å²) >= 11 is 1.11. The number of nitrogens with one attached hydrogen (secondary N) is 1. The van der Waals surface area contributed by atoms with Gasteiger partial charge in [0.25, 0.3) is 5.91 Å². The molecule has 0 bridgehead atoms. The lowest BCUT2D eigenvalue weighted by Gasteiger charge is -2.04. The summed E-state index contributed by atoms with van der Waals surface area (Å²) in [4.78, 5) is 27.0. The summed E-state index contributed by atoms with van der Waals surface area (Å²) in [6, 6.07) is 3.06. The van der Waals surface area contributed by atoms with E-state index in [0.29, 0.717) is 5.69 Å². The smallest absolute Gasteiger partial charge is 0.311 e. The fourth-order valence-electron chi connectivity index (χ4n) is 1.52. The maximum absolute atomic E-state index is 13.1. The molecular formula is C13H11FN2O4S. The molecule has 0 atom stereocenters. The Morgan fingerprint density at radius 2 is 2.24 bits per heavy atom. The van der Waals surface area contributed by atoms with Crippen LogP contribution < -0.4 is 5.32 Å². The zero-order valence-corrected chi connectivity index (χ0v) is 11.7. The molecule has 0 spiro atoms. The van der Waals surface area contributed by atoms with Crippen molar-refractivity contribution >= 4 is 28.3 Å². The first-order valence-corrected chi connectivity index (χ1v) is 6.68. The van der Waals surface area contributed by atoms with E-state index in [1.54, 1.807) is 5.38 Å². The monoisotopic (exact) mass is 310 g/mol. The van der Waals surface area contributed by atoms with Gasteiger partial charge in [-0.25, -0.2) is 9.37 Å². The van der Waals surface area contributed by atoms with Crippen molar-refractivity contribution in [3.05, 3.63) is 40.7 Å². The number of aromatic hydroxyl groups is 1. The van der Waals surface area contributed by atoms with Crippen molar-refractivity contribution in [2.24, 2.45) is 0 Å². The summed E-state index contributed by atoms with van der Waals surface area (Å²) in [5.74, 6) is -2.10. The maximum atomic E-state index is 13.1. The molecular weight excluding hydrogens is 299 g/mol. The van der Waals surface area contributed by atoms with E-state index in [1.807, 2.05) is 0 Å². The number of nitrogens with zero attached hydrogens (tertiary/aromatic N) is 1. The lowest BCUT2D eigenvalue weighted by Crippen LogP contribution is -2.12. The molecule has 0 aliphatic rings. The van der Waals surface area contributed by atoms with E-state index in [4.69, 9.17) is 0 Å². The summed E-state index contributed by atoms with van der Waals surface area (Å²) in [6.07, 6.45) is -0.00587. The predicted octanol–water partition coefficient (Wildman–Crippen LogP) is 1.96. The predicted molar refractivity (Wildman–Crippen MR) is 73.9 cm³/mol. The molecule has 110 valence electrons. The lowest BCUT2D eigenvalue weighted by molar-refractivity contribution is -0.139. The lowest BCUT2D eigenvalue weighted by atomic mass is 10.2. The quantitative estimate of drug-likeness (QED) is 0.843. The van der Waals surface area contributed by atoms with Crippen LogP contribution in [0.15, 0.2) is 23.6 Å². The highest BCUT2D eigenvalue weighted by molar-refractivity contribution is 7.14. The van der Waals surface area contributed by atoms with Crippen LogP contribution >= 0.6 is 11.3 Å². The third kappa shape index (κ3) is 3.76. The molecule has 0 aliphatic heterocycles. The van der Waals surface area contributed by atoms with Crippen molar-refractivity contribution in [3.63, 3.8) is 0 Å². The van der Waals surface area contributed by atoms with Crippen LogP contribution in [0, 0.1) is 5.82 Å². The highest BCUT2D eigenvalue weighted by atomic mass is 32.1. The molecule has 1 amide bonds. The molecule has 1 aromatic carbocycles. The zero-order valence-electron chi connectivity index (χ0n) is 10.9. The molecule has 2 aromatic rings. The maximum Gasteiger partial charge on any atom is 0.311 e. The summed E-state index contributed by atoms with van der Waals surface area (Å²) in [7, 11) is 1.27. The van der Waals surface area contributed by atoms with Gasteiger partial charge in [-0.3, -0.25) is 14.9 Å². The molecule has 0 unspecified atom stereocenters. The van der Waals surface area contributed by atoms with Crippen LogP contribution in [0.5, 0.6) is 5.75 Å². The second-order valence-electron chi connectivity index (χ2n) is 4.01. The highest BCUT2D eigenvalue weighted by Gasteiger charge is 2.15. The summed E-state index contributed by atoms with van der Waals surface area (Å²) < 4.78 is 17.6. The standard InChI is InChI=1S/C13H11FN2O4S/c1-20-11(18)5-8-6-21-13(15-8)16-12(19)9-4-7(14)2-3-10(9)17/h2-4,6,17H,5H2,1H3,(H,15,16,19). The molecule has 0 saturated heterocycles. The van der Waals surface area contributed by atoms with Crippen molar-refractivity contribution in [1.82, 2.24) is 4.98 Å². The number of anilines is 1. The first-order chi connectivity index (χ1) is 9.99. The summed E-state index contributed by atoms with van der Waals surface area (Å²) in [5, 5.41) is 13.8. The first-order valence-electron chi connectivity index (χ1n) is 5.80. The molecule has 8 heteroatoms. The number of amides is 1. The Labute approximate surface area is 123 Å². The van der Waals surface area contributed by atoms with Gasteiger partial charge in [0.15, 0.2) is 5.13 Å². The fourth-order valence-corrected chi connectivity index (χ4v) is 2.23. The van der Waals surface area contributed by atoms with Gasteiger partial charge in [-0.05, 0) is 18.2 Å². The average Bonchev–Trinajstić information content (AvgIpc) is 2.88. The zero-order chi connectivity index (χ0) is 15.4. The number of phenolic OH excluding ortho intramolecular Hbond substituents is 1. The third-order valence-corrected chi connectivity index (χ3v) is 3.34. The van der Waals surface area contributed by atoms with E-state index in [9.17, 15) is 19.1 Å². The number of halogens is 1. The summed E-state index contributed by atoms with van der Waals surface area (Å²) in [6.45, 7) is 0. The van der Waals surface area contributed by atoms with Crippen molar-refractivity contribution in [2.45, 2.75) is 6.42 Å². The van der Waals surface area contributed by atoms with Crippen LogP contribution in [-0.2, 0) is 16.0 Å². The minimum absolute atomic E-state index is 0.00587. The van der Waals surface area contributed by atoms with E-state index in [1.165, 1.54) is 7.11 Å². The molecule has 1 heterocycles. The SMILES string of the molecule is COC(=O)Cc1csc(NC(=O)c2cc(F)ccc2O)n1. The molecule has 0 aliphatic carbocycles. The van der Waals surface area contributed by atoms with Crippen LogP contribution in [-0.4, -0.2) is 29.1 Å². The van der Waals surface area contributed by atoms with E-state index in [2.05, 4.69) is 15.0 Å². The van der Waals surface area contributed by atoms with Gasteiger partial charge in [0, 0.05) is 5.38 Å². The Morgan fingerprint density at radius 1 is 1.48 bits per heavy atom. The molecule has 6 nitrogen and oxygen atoms in total. The Hall–Kier alpha value is -2.48. The molecule has 0 radical (unpaired) electrons. The highest BCUT2D eigenvalue weighted by Crippen LogP contribution is 2.21. The van der Waals surface area contributed by atoms with Crippen LogP contribution in [0.2, 0.25) is 0 Å². The van der Waals surface area contributed by atoms with Gasteiger partial charge in [0.1, 0.15) is 11.6 Å². The number of hydrogen-bond acceptors (Lipinski definition) is 6. The Morgan fingerprint density at radius 3 is 2.95 bits per heavy atom.